The van der Waals surface area contributed by atoms with Crippen LogP contribution < -0.4 is 5.32 Å². The van der Waals surface area contributed by atoms with Gasteiger partial charge >= 0.3 is 0 Å². The summed E-state index contributed by atoms with van der Waals surface area (Å²) >= 11 is 0. The third-order valence-corrected chi connectivity index (χ3v) is 7.65. The fourth-order valence-electron chi connectivity index (χ4n) is 3.81. The van der Waals surface area contributed by atoms with Crippen molar-refractivity contribution in [2.75, 3.05) is 13.1 Å². The van der Waals surface area contributed by atoms with Crippen molar-refractivity contribution in [2.24, 2.45) is 5.92 Å². The van der Waals surface area contributed by atoms with Crippen molar-refractivity contribution in [3.05, 3.63) is 65.5 Å². The van der Waals surface area contributed by atoms with E-state index in [0.717, 1.165) is 4.31 Å². The Labute approximate surface area is 205 Å². The van der Waals surface area contributed by atoms with Crippen LogP contribution in [0, 0.1) is 11.7 Å². The predicted molar refractivity (Wildman–Crippen MR) is 128 cm³/mol. The Kier molecular flexibility index (Phi) is 8.26. The zero-order chi connectivity index (χ0) is 25.8. The highest BCUT2D eigenvalue weighted by molar-refractivity contribution is 7.90. The van der Waals surface area contributed by atoms with Crippen molar-refractivity contribution in [3.8, 4) is 0 Å². The molecule has 1 atom stereocenters. The number of fused-ring (bicyclic) bond motifs is 1. The highest BCUT2D eigenvalue weighted by atomic mass is 32.2. The molecule has 0 fully saturated rings. The van der Waals surface area contributed by atoms with Crippen LogP contribution in [0.1, 0.15) is 49.5 Å². The summed E-state index contributed by atoms with van der Waals surface area (Å²) in [6.45, 7) is 5.59. The van der Waals surface area contributed by atoms with E-state index >= 15 is 0 Å². The third kappa shape index (κ3) is 5.87. The number of sulfonamides is 1. The number of nitrogens with zero attached hydrogens (tertiary/aromatic N) is 2. The lowest BCUT2D eigenvalue weighted by atomic mass is 10.1. The molecule has 0 bridgehead atoms. The predicted octanol–water partition coefficient (Wildman–Crippen LogP) is 2.94. The second kappa shape index (κ2) is 11.0. The Morgan fingerprint density at radius 1 is 1.06 bits per heavy atom. The number of rotatable bonds is 10. The maximum Gasteiger partial charge on any atom is 0.269 e. The lowest BCUT2D eigenvalue weighted by Crippen LogP contribution is -2.48. The zero-order valence-electron chi connectivity index (χ0n) is 20.0. The van der Waals surface area contributed by atoms with Gasteiger partial charge in [-0.15, -0.1) is 0 Å². The first-order valence-corrected chi connectivity index (χ1v) is 12.9. The van der Waals surface area contributed by atoms with Gasteiger partial charge in [0.25, 0.3) is 15.9 Å². The molecule has 3 rings (SSSR count). The molecule has 1 aliphatic rings. The van der Waals surface area contributed by atoms with Gasteiger partial charge in [0, 0.05) is 31.6 Å². The Morgan fingerprint density at radius 2 is 1.71 bits per heavy atom. The molecule has 2 aromatic carbocycles. The van der Waals surface area contributed by atoms with E-state index in [4.69, 9.17) is 0 Å². The first-order chi connectivity index (χ1) is 16.5. The van der Waals surface area contributed by atoms with E-state index in [0.29, 0.717) is 6.54 Å². The molecule has 188 valence electrons. The molecule has 0 saturated heterocycles. The number of halogens is 1. The van der Waals surface area contributed by atoms with Gasteiger partial charge in [-0.1, -0.05) is 44.2 Å². The summed E-state index contributed by atoms with van der Waals surface area (Å²) in [6, 6.07) is 11.1. The molecule has 10 heteroatoms. The van der Waals surface area contributed by atoms with Crippen LogP contribution in [0.4, 0.5) is 4.39 Å². The molecule has 0 spiro atoms. The maximum absolute atomic E-state index is 14.3. The van der Waals surface area contributed by atoms with Crippen LogP contribution in [-0.4, -0.2) is 54.5 Å². The van der Waals surface area contributed by atoms with Gasteiger partial charge in [-0.05, 0) is 37.5 Å². The molecule has 0 aromatic heterocycles. The molecular formula is C25H30FN3O5S. The SMILES string of the molecule is CC(C)CNC(=O)[C@H](C)N(Cc1ccccc1F)C(=O)CCCN1C(=O)c2ccccc2S1(=O)=O. The van der Waals surface area contributed by atoms with Crippen LogP contribution in [-0.2, 0) is 26.2 Å². The minimum atomic E-state index is -3.97. The van der Waals surface area contributed by atoms with Gasteiger partial charge in [0.05, 0.1) is 5.56 Å². The molecule has 0 saturated carbocycles. The number of benzene rings is 2. The molecule has 0 aliphatic carbocycles. The molecule has 1 heterocycles. The van der Waals surface area contributed by atoms with E-state index in [1.165, 1.54) is 29.2 Å². The van der Waals surface area contributed by atoms with Crippen molar-refractivity contribution < 1.29 is 27.2 Å². The first kappa shape index (κ1) is 26.3. The molecule has 0 unspecified atom stereocenters. The van der Waals surface area contributed by atoms with E-state index in [1.807, 2.05) is 13.8 Å². The van der Waals surface area contributed by atoms with Crippen LogP contribution in [0.5, 0.6) is 0 Å². The Morgan fingerprint density at radius 3 is 2.37 bits per heavy atom. The lowest BCUT2D eigenvalue weighted by molar-refractivity contribution is -0.140. The average Bonchev–Trinajstić information content (AvgIpc) is 3.02. The summed E-state index contributed by atoms with van der Waals surface area (Å²) in [6.07, 6.45) is -0.0577. The number of amides is 3. The Bertz CT molecular complexity index is 1220. The highest BCUT2D eigenvalue weighted by Crippen LogP contribution is 2.30. The van der Waals surface area contributed by atoms with Gasteiger partial charge in [-0.3, -0.25) is 14.4 Å². The average molecular weight is 504 g/mol. The van der Waals surface area contributed by atoms with E-state index < -0.39 is 33.7 Å². The van der Waals surface area contributed by atoms with E-state index in [9.17, 15) is 27.2 Å². The van der Waals surface area contributed by atoms with Crippen molar-refractivity contribution in [1.82, 2.24) is 14.5 Å². The molecule has 8 nitrogen and oxygen atoms in total. The zero-order valence-corrected chi connectivity index (χ0v) is 20.8. The Balaban J connectivity index is 1.71. The normalized spacial score (nSPS) is 15.1. The van der Waals surface area contributed by atoms with Gasteiger partial charge in [-0.2, -0.15) is 0 Å². The maximum atomic E-state index is 14.3. The van der Waals surface area contributed by atoms with Gasteiger partial charge < -0.3 is 10.2 Å². The highest BCUT2D eigenvalue weighted by Gasteiger charge is 2.40. The van der Waals surface area contributed by atoms with Crippen LogP contribution in [0.2, 0.25) is 0 Å². The molecule has 0 radical (unpaired) electrons. The molecular weight excluding hydrogens is 473 g/mol. The van der Waals surface area contributed by atoms with Gasteiger partial charge in [-0.25, -0.2) is 17.1 Å². The monoisotopic (exact) mass is 503 g/mol. The number of hydrogen-bond donors (Lipinski definition) is 1. The number of nitrogens with one attached hydrogen (secondary N) is 1. The topological polar surface area (TPSA) is 104 Å². The first-order valence-electron chi connectivity index (χ1n) is 11.5. The van der Waals surface area contributed by atoms with Gasteiger partial charge in [0.1, 0.15) is 16.8 Å². The minimum absolute atomic E-state index is 0.0482. The van der Waals surface area contributed by atoms with Crippen molar-refractivity contribution in [3.63, 3.8) is 0 Å². The molecule has 2 aromatic rings. The van der Waals surface area contributed by atoms with Crippen LogP contribution in [0.3, 0.4) is 0 Å². The van der Waals surface area contributed by atoms with Crippen LogP contribution >= 0.6 is 0 Å². The summed E-state index contributed by atoms with van der Waals surface area (Å²) in [5.74, 6) is -1.71. The molecule has 1 aliphatic heterocycles. The summed E-state index contributed by atoms with van der Waals surface area (Å²) < 4.78 is 40.5. The summed E-state index contributed by atoms with van der Waals surface area (Å²) in [4.78, 5) is 39.6. The van der Waals surface area contributed by atoms with E-state index in [2.05, 4.69) is 5.32 Å². The van der Waals surface area contributed by atoms with E-state index in [-0.39, 0.29) is 53.8 Å². The van der Waals surface area contributed by atoms with Crippen molar-refractivity contribution in [2.45, 2.75) is 51.1 Å². The van der Waals surface area contributed by atoms with E-state index in [1.54, 1.807) is 31.2 Å². The molecule has 35 heavy (non-hydrogen) atoms. The van der Waals surface area contributed by atoms with Gasteiger partial charge in [0.2, 0.25) is 11.8 Å². The largest absolute Gasteiger partial charge is 0.354 e. The standard InChI is InChI=1S/C25H30FN3O5S/c1-17(2)15-27-24(31)18(3)28(16-19-9-4-6-11-21(19)26)23(30)13-8-14-29-25(32)20-10-5-7-12-22(20)35(29,33)34/h4-7,9-12,17-18H,8,13-16H2,1-3H3,(H,27,31)/t18-/m0/s1. The molecule has 3 amide bonds. The van der Waals surface area contributed by atoms with Crippen molar-refractivity contribution >= 4 is 27.7 Å². The summed E-state index contributed by atoms with van der Waals surface area (Å²) in [7, 11) is -3.97. The number of carbonyl (C=O) groups excluding carboxylic acids is 3. The third-order valence-electron chi connectivity index (χ3n) is 5.81. The van der Waals surface area contributed by atoms with Crippen LogP contribution in [0.15, 0.2) is 53.4 Å². The number of hydrogen-bond acceptors (Lipinski definition) is 5. The summed E-state index contributed by atoms with van der Waals surface area (Å²) in [5, 5.41) is 2.79. The Hall–Kier alpha value is -3.27. The quantitative estimate of drug-likeness (QED) is 0.537. The van der Waals surface area contributed by atoms with Crippen molar-refractivity contribution in [1.29, 1.82) is 0 Å². The summed E-state index contributed by atoms with van der Waals surface area (Å²) in [5.41, 5.74) is 0.368. The fraction of sp³-hybridized carbons (Fsp3) is 0.400. The molecule has 1 N–H and O–H groups in total. The minimum Gasteiger partial charge on any atom is -0.354 e. The second-order valence-corrected chi connectivity index (χ2v) is 10.7. The smallest absolute Gasteiger partial charge is 0.269 e. The van der Waals surface area contributed by atoms with Gasteiger partial charge in [0.15, 0.2) is 0 Å². The second-order valence-electron chi connectivity index (χ2n) is 8.91. The van der Waals surface area contributed by atoms with Crippen LogP contribution in [0.25, 0.3) is 0 Å². The lowest BCUT2D eigenvalue weighted by Gasteiger charge is -2.29. The fourth-order valence-corrected chi connectivity index (χ4v) is 5.42. The number of carbonyl (C=O) groups is 3.